The van der Waals surface area contributed by atoms with Crippen LogP contribution in [-0.2, 0) is 0 Å². The molecule has 3 nitrogen and oxygen atoms in total. The highest BCUT2D eigenvalue weighted by Gasteiger charge is 2.24. The molecule has 1 heterocycles. The Labute approximate surface area is 120 Å². The second kappa shape index (κ2) is 6.04. The maximum absolute atomic E-state index is 12.3. The van der Waals surface area contributed by atoms with Crippen LogP contribution in [0.1, 0.15) is 23.2 Å². The van der Waals surface area contributed by atoms with E-state index < -0.39 is 0 Å². The molecule has 2 rings (SSSR count). The summed E-state index contributed by atoms with van der Waals surface area (Å²) in [4.78, 5) is 14.1. The first-order valence-corrected chi connectivity index (χ1v) is 7.13. The van der Waals surface area contributed by atoms with E-state index in [1.54, 1.807) is 23.1 Å². The van der Waals surface area contributed by atoms with Crippen molar-refractivity contribution in [3.8, 4) is 0 Å². The number of hydrogen-bond acceptors (Lipinski definition) is 2. The monoisotopic (exact) mass is 331 g/mol. The van der Waals surface area contributed by atoms with Crippen LogP contribution in [0.4, 0.5) is 0 Å². The molecule has 1 atom stereocenters. The number of rotatable bonds is 2. The van der Waals surface area contributed by atoms with E-state index in [0.717, 1.165) is 23.9 Å². The Morgan fingerprint density at radius 3 is 2.94 bits per heavy atom. The number of likely N-dealkylation sites (tertiary alicyclic amines) is 1. The standard InChI is InChI=1S/C13H15BrClNO2/c14-11-4-10(5-12(15)6-11)13(18)16-3-1-2-9(7-16)8-17/h4-6,9,17H,1-3,7-8H2. The zero-order chi connectivity index (χ0) is 13.1. The molecule has 1 amide bonds. The van der Waals surface area contributed by atoms with Gasteiger partial charge in [-0.25, -0.2) is 0 Å². The summed E-state index contributed by atoms with van der Waals surface area (Å²) in [5.41, 5.74) is 0.591. The number of piperidine rings is 1. The molecule has 0 saturated carbocycles. The van der Waals surface area contributed by atoms with Gasteiger partial charge in [-0.15, -0.1) is 0 Å². The van der Waals surface area contributed by atoms with E-state index in [1.807, 2.05) is 0 Å². The topological polar surface area (TPSA) is 40.5 Å². The minimum Gasteiger partial charge on any atom is -0.396 e. The minimum absolute atomic E-state index is 0.0173. The van der Waals surface area contributed by atoms with Gasteiger partial charge in [-0.2, -0.15) is 0 Å². The smallest absolute Gasteiger partial charge is 0.253 e. The number of amides is 1. The Morgan fingerprint density at radius 1 is 1.50 bits per heavy atom. The molecule has 1 aliphatic rings. The van der Waals surface area contributed by atoms with Gasteiger partial charge in [-0.3, -0.25) is 4.79 Å². The van der Waals surface area contributed by atoms with Crippen molar-refractivity contribution in [2.45, 2.75) is 12.8 Å². The Hall–Kier alpha value is -0.580. The lowest BCUT2D eigenvalue weighted by Crippen LogP contribution is -2.40. The molecule has 0 aliphatic carbocycles. The maximum Gasteiger partial charge on any atom is 0.253 e. The third-order valence-electron chi connectivity index (χ3n) is 3.17. The lowest BCUT2D eigenvalue weighted by Gasteiger charge is -2.32. The average molecular weight is 333 g/mol. The van der Waals surface area contributed by atoms with Crippen molar-refractivity contribution in [1.29, 1.82) is 0 Å². The summed E-state index contributed by atoms with van der Waals surface area (Å²) >= 11 is 9.28. The number of nitrogens with zero attached hydrogens (tertiary/aromatic N) is 1. The van der Waals surface area contributed by atoms with Gasteiger partial charge in [0.25, 0.3) is 5.91 Å². The molecule has 98 valence electrons. The number of hydrogen-bond donors (Lipinski definition) is 1. The average Bonchev–Trinajstić information content (AvgIpc) is 2.37. The summed E-state index contributed by atoms with van der Waals surface area (Å²) in [6, 6.07) is 5.21. The molecule has 1 aromatic rings. The van der Waals surface area contributed by atoms with E-state index in [-0.39, 0.29) is 18.4 Å². The van der Waals surface area contributed by atoms with Gasteiger partial charge in [0.15, 0.2) is 0 Å². The van der Waals surface area contributed by atoms with Crippen LogP contribution in [0.3, 0.4) is 0 Å². The van der Waals surface area contributed by atoms with E-state index in [4.69, 9.17) is 11.6 Å². The molecule has 1 aromatic carbocycles. The van der Waals surface area contributed by atoms with Crippen LogP contribution in [0.15, 0.2) is 22.7 Å². The van der Waals surface area contributed by atoms with Crippen molar-refractivity contribution >= 4 is 33.4 Å². The first-order chi connectivity index (χ1) is 8.60. The van der Waals surface area contributed by atoms with Crippen LogP contribution in [-0.4, -0.2) is 35.6 Å². The molecule has 1 aliphatic heterocycles. The third-order valence-corrected chi connectivity index (χ3v) is 3.85. The van der Waals surface area contributed by atoms with Crippen molar-refractivity contribution in [2.24, 2.45) is 5.92 Å². The third kappa shape index (κ3) is 3.25. The van der Waals surface area contributed by atoms with Crippen molar-refractivity contribution < 1.29 is 9.90 Å². The highest BCUT2D eigenvalue weighted by Crippen LogP contribution is 2.23. The predicted octanol–water partition coefficient (Wildman–Crippen LogP) is 2.95. The fourth-order valence-corrected chi connectivity index (χ4v) is 3.12. The summed E-state index contributed by atoms with van der Waals surface area (Å²) in [6.45, 7) is 1.52. The highest BCUT2D eigenvalue weighted by atomic mass is 79.9. The lowest BCUT2D eigenvalue weighted by molar-refractivity contribution is 0.0620. The summed E-state index contributed by atoms with van der Waals surface area (Å²) in [6.07, 6.45) is 1.93. The SMILES string of the molecule is O=C(c1cc(Cl)cc(Br)c1)N1CCCC(CO)C1. The fourth-order valence-electron chi connectivity index (χ4n) is 2.26. The van der Waals surface area contributed by atoms with E-state index in [0.29, 0.717) is 17.1 Å². The number of carbonyl (C=O) groups is 1. The molecular formula is C13H15BrClNO2. The normalized spacial score (nSPS) is 19.9. The van der Waals surface area contributed by atoms with E-state index in [9.17, 15) is 9.90 Å². The maximum atomic E-state index is 12.3. The predicted molar refractivity (Wildman–Crippen MR) is 74.9 cm³/mol. The van der Waals surface area contributed by atoms with Gasteiger partial charge >= 0.3 is 0 Å². The molecule has 1 N–H and O–H groups in total. The number of aliphatic hydroxyl groups is 1. The quantitative estimate of drug-likeness (QED) is 0.904. The molecule has 5 heteroatoms. The zero-order valence-electron chi connectivity index (χ0n) is 9.90. The van der Waals surface area contributed by atoms with Crippen LogP contribution in [0, 0.1) is 5.92 Å². The van der Waals surface area contributed by atoms with Crippen molar-refractivity contribution in [3.63, 3.8) is 0 Å². The number of carbonyl (C=O) groups excluding carboxylic acids is 1. The van der Waals surface area contributed by atoms with Crippen LogP contribution in [0.25, 0.3) is 0 Å². The zero-order valence-corrected chi connectivity index (χ0v) is 12.2. The molecule has 1 saturated heterocycles. The first-order valence-electron chi connectivity index (χ1n) is 5.96. The van der Waals surface area contributed by atoms with Gasteiger partial charge < -0.3 is 10.0 Å². The molecule has 0 aromatic heterocycles. The van der Waals surface area contributed by atoms with Crippen LogP contribution in [0.5, 0.6) is 0 Å². The molecule has 1 unspecified atom stereocenters. The van der Waals surface area contributed by atoms with E-state index in [2.05, 4.69) is 15.9 Å². The number of halogens is 2. The van der Waals surface area contributed by atoms with Gasteiger partial charge in [0.1, 0.15) is 0 Å². The molecule has 0 radical (unpaired) electrons. The van der Waals surface area contributed by atoms with Crippen LogP contribution < -0.4 is 0 Å². The Bertz CT molecular complexity index is 432. The second-order valence-corrected chi connectivity index (χ2v) is 5.95. The molecule has 1 fully saturated rings. The van der Waals surface area contributed by atoms with Gasteiger partial charge in [-0.1, -0.05) is 27.5 Å². The summed E-state index contributed by atoms with van der Waals surface area (Å²) in [7, 11) is 0. The number of benzene rings is 1. The van der Waals surface area contributed by atoms with Gasteiger partial charge in [0.05, 0.1) is 0 Å². The Balaban J connectivity index is 2.15. The highest BCUT2D eigenvalue weighted by molar-refractivity contribution is 9.10. The summed E-state index contributed by atoms with van der Waals surface area (Å²) in [5, 5.41) is 9.73. The summed E-state index contributed by atoms with van der Waals surface area (Å²) in [5.74, 6) is 0.182. The van der Waals surface area contributed by atoms with Crippen molar-refractivity contribution in [1.82, 2.24) is 4.90 Å². The largest absolute Gasteiger partial charge is 0.396 e. The lowest BCUT2D eigenvalue weighted by atomic mass is 9.98. The molecule has 0 bridgehead atoms. The van der Waals surface area contributed by atoms with Crippen molar-refractivity contribution in [2.75, 3.05) is 19.7 Å². The Morgan fingerprint density at radius 2 is 2.28 bits per heavy atom. The minimum atomic E-state index is -0.0173. The van der Waals surface area contributed by atoms with Crippen LogP contribution in [0.2, 0.25) is 5.02 Å². The van der Waals surface area contributed by atoms with Gasteiger partial charge in [-0.05, 0) is 37.0 Å². The fraction of sp³-hybridized carbons (Fsp3) is 0.462. The van der Waals surface area contributed by atoms with Crippen LogP contribution >= 0.6 is 27.5 Å². The first kappa shape index (κ1) is 13.8. The molecule has 0 spiro atoms. The Kier molecular flexibility index (Phi) is 4.65. The molecular weight excluding hydrogens is 318 g/mol. The van der Waals surface area contributed by atoms with E-state index >= 15 is 0 Å². The van der Waals surface area contributed by atoms with Gasteiger partial charge in [0, 0.05) is 34.8 Å². The molecule has 18 heavy (non-hydrogen) atoms. The van der Waals surface area contributed by atoms with Crippen molar-refractivity contribution in [3.05, 3.63) is 33.3 Å². The van der Waals surface area contributed by atoms with Gasteiger partial charge in [0.2, 0.25) is 0 Å². The van der Waals surface area contributed by atoms with E-state index in [1.165, 1.54) is 0 Å². The second-order valence-electron chi connectivity index (χ2n) is 4.60. The number of aliphatic hydroxyl groups excluding tert-OH is 1. The summed E-state index contributed by atoms with van der Waals surface area (Å²) < 4.78 is 0.800.